The number of nitrogens with one attached hydrogen (secondary N) is 3. The van der Waals surface area contributed by atoms with Gasteiger partial charge in [-0.15, -0.1) is 0 Å². The molecule has 0 aliphatic carbocycles. The number of para-hydroxylation sites is 1. The minimum Gasteiger partial charge on any atom is -0.494 e. The normalized spacial score (nSPS) is 18.5. The van der Waals surface area contributed by atoms with Crippen LogP contribution in [0.15, 0.2) is 67.1 Å². The third-order valence-electron chi connectivity index (χ3n) is 12.8. The number of hydrogen-bond acceptors (Lipinski definition) is 14. The van der Waals surface area contributed by atoms with Crippen LogP contribution in [0.1, 0.15) is 46.4 Å². The third-order valence-corrected chi connectivity index (χ3v) is 14.6. The van der Waals surface area contributed by atoms with Gasteiger partial charge in [-0.2, -0.15) is 10.1 Å². The molecule has 3 fully saturated rings. The number of ether oxygens (including phenoxy) is 1. The fourth-order valence-electron chi connectivity index (χ4n) is 9.32. The van der Waals surface area contributed by atoms with Gasteiger partial charge < -0.3 is 29.7 Å². The average Bonchev–Trinajstić information content (AvgIpc) is 3.83. The fraction of sp³-hybridized carbons (Fsp3) is 0.370. The maximum absolute atomic E-state index is 15.6. The summed E-state index contributed by atoms with van der Waals surface area (Å²) in [6.07, 6.45) is 7.27. The summed E-state index contributed by atoms with van der Waals surface area (Å²) >= 11 is 6.56. The summed E-state index contributed by atoms with van der Waals surface area (Å²) in [6.45, 7) is 8.43. The van der Waals surface area contributed by atoms with Crippen LogP contribution in [0, 0.1) is 11.7 Å². The highest BCUT2D eigenvalue weighted by Crippen LogP contribution is 2.43. The summed E-state index contributed by atoms with van der Waals surface area (Å²) in [5.41, 5.74) is 4.43. The molecule has 66 heavy (non-hydrogen) atoms. The van der Waals surface area contributed by atoms with Gasteiger partial charge >= 0.3 is 0 Å². The van der Waals surface area contributed by atoms with Crippen molar-refractivity contribution in [3.63, 3.8) is 0 Å². The number of carbonyl (C=O) groups is 4. The van der Waals surface area contributed by atoms with Crippen LogP contribution in [0.5, 0.6) is 5.75 Å². The Labute approximate surface area is 386 Å². The van der Waals surface area contributed by atoms with Gasteiger partial charge in [-0.05, 0) is 68.8 Å². The molecule has 3 aromatic carbocycles. The summed E-state index contributed by atoms with van der Waals surface area (Å²) < 4.78 is 36.4. The Hall–Kier alpha value is -6.36. The molecule has 0 bridgehead atoms. The van der Waals surface area contributed by atoms with E-state index < -0.39 is 42.6 Å². The second-order valence-corrected chi connectivity index (χ2v) is 21.1. The molecule has 6 heterocycles. The fourth-order valence-corrected chi connectivity index (χ4v) is 10.6. The minimum absolute atomic E-state index is 0.00751. The Morgan fingerprint density at radius 2 is 1.58 bits per heavy atom. The van der Waals surface area contributed by atoms with Crippen LogP contribution in [-0.2, 0) is 21.2 Å². The van der Waals surface area contributed by atoms with Gasteiger partial charge in [-0.25, -0.2) is 9.37 Å². The molecule has 5 aromatic rings. The highest BCUT2D eigenvalue weighted by atomic mass is 35.5. The van der Waals surface area contributed by atoms with E-state index in [1.54, 1.807) is 25.1 Å². The molecular formula is C46H50ClFN11O6P. The van der Waals surface area contributed by atoms with Crippen molar-refractivity contribution in [2.24, 2.45) is 13.0 Å². The van der Waals surface area contributed by atoms with E-state index in [-0.39, 0.29) is 35.6 Å². The van der Waals surface area contributed by atoms with Crippen LogP contribution in [0.4, 0.5) is 38.9 Å². The van der Waals surface area contributed by atoms with Crippen LogP contribution in [0.25, 0.3) is 11.1 Å². The Balaban J connectivity index is 0.852. The Morgan fingerprint density at radius 3 is 2.26 bits per heavy atom. The van der Waals surface area contributed by atoms with Gasteiger partial charge in [0.1, 0.15) is 29.8 Å². The van der Waals surface area contributed by atoms with Gasteiger partial charge in [0, 0.05) is 93.7 Å². The molecule has 1 atom stereocenters. The average molecular weight is 938 g/mol. The van der Waals surface area contributed by atoms with Crippen LogP contribution >= 0.6 is 18.7 Å². The molecule has 1 unspecified atom stereocenters. The summed E-state index contributed by atoms with van der Waals surface area (Å²) in [7, 11) is 0.895. The van der Waals surface area contributed by atoms with Crippen molar-refractivity contribution in [2.75, 3.05) is 86.7 Å². The van der Waals surface area contributed by atoms with E-state index in [0.29, 0.717) is 65.4 Å². The molecule has 0 saturated carbocycles. The van der Waals surface area contributed by atoms with Crippen LogP contribution < -0.4 is 35.8 Å². The Morgan fingerprint density at radius 1 is 0.864 bits per heavy atom. The number of piperidine rings is 2. The molecule has 9 rings (SSSR count). The van der Waals surface area contributed by atoms with Crippen LogP contribution in [-0.4, -0.2) is 125 Å². The molecule has 0 radical (unpaired) electrons. The third kappa shape index (κ3) is 8.96. The summed E-state index contributed by atoms with van der Waals surface area (Å²) in [5.74, 6) is -1.48. The zero-order valence-electron chi connectivity index (χ0n) is 37.0. The van der Waals surface area contributed by atoms with E-state index in [2.05, 4.69) is 35.8 Å². The Kier molecular flexibility index (Phi) is 12.3. The van der Waals surface area contributed by atoms with Gasteiger partial charge in [0.15, 0.2) is 5.82 Å². The number of fused-ring (bicyclic) bond motifs is 1. The van der Waals surface area contributed by atoms with Crippen molar-refractivity contribution >= 4 is 82.2 Å². The first-order chi connectivity index (χ1) is 31.6. The first kappa shape index (κ1) is 44.8. The van der Waals surface area contributed by atoms with E-state index in [9.17, 15) is 23.7 Å². The summed E-state index contributed by atoms with van der Waals surface area (Å²) in [5, 5.41) is 14.2. The van der Waals surface area contributed by atoms with E-state index in [1.165, 1.54) is 12.3 Å². The lowest BCUT2D eigenvalue weighted by Crippen LogP contribution is -2.54. The quantitative estimate of drug-likeness (QED) is 0.0999. The van der Waals surface area contributed by atoms with Gasteiger partial charge in [-0.3, -0.25) is 39.0 Å². The number of methoxy groups -OCH3 is 1. The maximum atomic E-state index is 15.6. The van der Waals surface area contributed by atoms with Crippen molar-refractivity contribution in [3.8, 4) is 16.9 Å². The van der Waals surface area contributed by atoms with Crippen molar-refractivity contribution in [2.45, 2.75) is 31.7 Å². The minimum atomic E-state index is -2.61. The Bertz CT molecular complexity index is 2800. The first-order valence-electron chi connectivity index (χ1n) is 21.8. The number of carbonyl (C=O) groups excluding carboxylic acids is 4. The molecular weight excluding hydrogens is 888 g/mol. The zero-order valence-corrected chi connectivity index (χ0v) is 38.7. The summed E-state index contributed by atoms with van der Waals surface area (Å²) in [6, 6.07) is 12.8. The van der Waals surface area contributed by atoms with Crippen molar-refractivity contribution in [3.05, 3.63) is 89.1 Å². The smallest absolute Gasteiger partial charge is 0.262 e. The topological polar surface area (TPSA) is 187 Å². The van der Waals surface area contributed by atoms with E-state index >= 15 is 4.39 Å². The number of rotatable bonds is 12. The van der Waals surface area contributed by atoms with Gasteiger partial charge in [0.05, 0.1) is 47.7 Å². The monoisotopic (exact) mass is 937 g/mol. The molecule has 2 aromatic heterocycles. The number of nitrogens with zero attached hydrogens (tertiary/aromatic N) is 8. The maximum Gasteiger partial charge on any atom is 0.262 e. The van der Waals surface area contributed by atoms with E-state index in [0.717, 1.165) is 60.3 Å². The molecule has 344 valence electrons. The molecule has 3 saturated heterocycles. The second-order valence-electron chi connectivity index (χ2n) is 17.5. The van der Waals surface area contributed by atoms with E-state index in [4.69, 9.17) is 21.3 Å². The second kappa shape index (κ2) is 18.1. The van der Waals surface area contributed by atoms with Crippen LogP contribution in [0.3, 0.4) is 0 Å². The predicted octanol–water partition coefficient (Wildman–Crippen LogP) is 5.85. The predicted molar refractivity (Wildman–Crippen MR) is 251 cm³/mol. The highest BCUT2D eigenvalue weighted by Gasteiger charge is 2.45. The number of aromatic nitrogens is 4. The van der Waals surface area contributed by atoms with Gasteiger partial charge in [0.25, 0.3) is 11.8 Å². The lowest BCUT2D eigenvalue weighted by atomic mass is 9.94. The standard InChI is InChI=1S/C46H50ClFN11O6P/c1-55-26-28(23-50-55)29-20-35(52-46-49-24-32(47)42(54-46)51-34-7-5-6-8-40(34)66(3,4)64)39(65-2)22-37(29)57-13-11-27(12-14-57)25-56-15-17-58(18-16-56)38-21-31-30(19-33(38)48)44(62)59(45(31)63)36-9-10-41(60)53-43(36)61/h5-8,19-24,26-27,36H,9-18,25H2,1-4H3,(H,53,60,61)(H2,49,51,52,54). The number of benzene rings is 3. The number of hydrogen-bond donors (Lipinski definition) is 3. The number of amides is 4. The SMILES string of the molecule is COc1cc(N2CCC(CN3CCN(c4cc5c(cc4F)C(=O)N(C4CCC(=O)NC4=O)C5=O)CC3)CC2)c(-c2cnn(C)c2)cc1Nc1ncc(Cl)c(Nc2ccccc2P(C)(C)=O)n1. The number of anilines is 6. The number of aryl methyl sites for hydroxylation is 1. The molecule has 20 heteroatoms. The van der Waals surface area contributed by atoms with Crippen molar-refractivity contribution < 1.29 is 32.9 Å². The van der Waals surface area contributed by atoms with Crippen molar-refractivity contribution in [1.82, 2.24) is 34.9 Å². The molecule has 4 aliphatic rings. The molecule has 3 N–H and O–H groups in total. The molecule has 4 aliphatic heterocycles. The molecule has 17 nitrogen and oxygen atoms in total. The zero-order chi connectivity index (χ0) is 46.4. The lowest BCUT2D eigenvalue weighted by molar-refractivity contribution is -0.136. The van der Waals surface area contributed by atoms with Gasteiger partial charge in [-0.1, -0.05) is 23.7 Å². The largest absolute Gasteiger partial charge is 0.494 e. The van der Waals surface area contributed by atoms with E-state index in [1.807, 2.05) is 60.7 Å². The number of halogens is 2. The summed E-state index contributed by atoms with van der Waals surface area (Å²) in [4.78, 5) is 67.5. The number of imide groups is 2. The highest BCUT2D eigenvalue weighted by molar-refractivity contribution is 7.70. The van der Waals surface area contributed by atoms with Crippen molar-refractivity contribution in [1.29, 1.82) is 0 Å². The molecule has 0 spiro atoms. The first-order valence-corrected chi connectivity index (χ1v) is 24.8. The number of piperazine rings is 1. The van der Waals surface area contributed by atoms with Crippen LogP contribution in [0.2, 0.25) is 5.02 Å². The molecule has 4 amide bonds. The lowest BCUT2D eigenvalue weighted by Gasteiger charge is -2.40. The van der Waals surface area contributed by atoms with Gasteiger partial charge in [0.2, 0.25) is 17.8 Å².